The second kappa shape index (κ2) is 7.47. The fourth-order valence-corrected chi connectivity index (χ4v) is 1.75. The van der Waals surface area contributed by atoms with E-state index in [2.05, 4.69) is 4.98 Å². The number of rotatable bonds is 6. The molecule has 1 amide bonds. The van der Waals surface area contributed by atoms with Gasteiger partial charge in [0.15, 0.2) is 0 Å². The predicted octanol–water partition coefficient (Wildman–Crippen LogP) is 1.17. The van der Waals surface area contributed by atoms with Crippen LogP contribution < -0.4 is 4.90 Å². The van der Waals surface area contributed by atoms with E-state index in [0.717, 1.165) is 12.1 Å². The molecule has 0 radical (unpaired) electrons. The Bertz CT molecular complexity index is 474. The zero-order valence-electron chi connectivity index (χ0n) is 12.4. The Morgan fingerprint density at radius 1 is 1.35 bits per heavy atom. The van der Waals surface area contributed by atoms with Crippen LogP contribution in [0.3, 0.4) is 0 Å². The Kier molecular flexibility index (Phi) is 5.96. The van der Waals surface area contributed by atoms with Crippen LogP contribution >= 0.6 is 0 Å². The molecule has 0 N–H and O–H groups in total. The molecule has 0 atom stereocenters. The molecule has 0 saturated heterocycles. The molecule has 1 aromatic heterocycles. The van der Waals surface area contributed by atoms with Gasteiger partial charge in [0.25, 0.3) is 5.91 Å². The van der Waals surface area contributed by atoms with Gasteiger partial charge in [0.1, 0.15) is 12.2 Å². The Labute approximate surface area is 119 Å². The first kappa shape index (κ1) is 15.9. The summed E-state index contributed by atoms with van der Waals surface area (Å²) in [4.78, 5) is 30.8. The maximum Gasteiger partial charge on any atom is 0.325 e. The number of aromatic nitrogens is 1. The first-order valence-corrected chi connectivity index (χ1v) is 6.49. The standard InChI is InChI=1S/C14H21N3O3/c1-5-8-17(10-13(18)20-4)11-6-7-15-12(9-11)14(19)16(2)3/h6-7,9H,5,8,10H2,1-4H3. The van der Waals surface area contributed by atoms with Crippen LogP contribution in [-0.4, -0.2) is 56.1 Å². The fourth-order valence-electron chi connectivity index (χ4n) is 1.75. The number of hydrogen-bond acceptors (Lipinski definition) is 5. The van der Waals surface area contributed by atoms with Crippen molar-refractivity contribution in [3.8, 4) is 0 Å². The summed E-state index contributed by atoms with van der Waals surface area (Å²) in [5.41, 5.74) is 1.15. The minimum atomic E-state index is -0.309. The normalized spacial score (nSPS) is 10.0. The average molecular weight is 279 g/mol. The number of pyridine rings is 1. The molecule has 6 heteroatoms. The highest BCUT2D eigenvalue weighted by molar-refractivity contribution is 5.93. The van der Waals surface area contributed by atoms with Gasteiger partial charge in [0.2, 0.25) is 0 Å². The molecule has 0 spiro atoms. The molecule has 0 bridgehead atoms. The average Bonchev–Trinajstić information content (AvgIpc) is 2.45. The third kappa shape index (κ3) is 4.22. The lowest BCUT2D eigenvalue weighted by molar-refractivity contribution is -0.138. The second-order valence-electron chi connectivity index (χ2n) is 4.60. The molecule has 0 fully saturated rings. The lowest BCUT2D eigenvalue weighted by Gasteiger charge is -2.23. The zero-order valence-corrected chi connectivity index (χ0v) is 12.4. The number of methoxy groups -OCH3 is 1. The van der Waals surface area contributed by atoms with Gasteiger partial charge < -0.3 is 14.5 Å². The number of carbonyl (C=O) groups excluding carboxylic acids is 2. The Morgan fingerprint density at radius 3 is 2.60 bits per heavy atom. The van der Waals surface area contributed by atoms with E-state index in [0.29, 0.717) is 12.2 Å². The highest BCUT2D eigenvalue weighted by Crippen LogP contribution is 2.15. The van der Waals surface area contributed by atoms with Crippen molar-refractivity contribution in [3.05, 3.63) is 24.0 Å². The van der Waals surface area contributed by atoms with Gasteiger partial charge >= 0.3 is 5.97 Å². The van der Waals surface area contributed by atoms with Crippen LogP contribution in [0.2, 0.25) is 0 Å². The molecule has 1 heterocycles. The van der Waals surface area contributed by atoms with Gasteiger partial charge in [-0.15, -0.1) is 0 Å². The molecule has 110 valence electrons. The number of ether oxygens (including phenoxy) is 1. The lowest BCUT2D eigenvalue weighted by atomic mass is 10.2. The SMILES string of the molecule is CCCN(CC(=O)OC)c1ccnc(C(=O)N(C)C)c1. The predicted molar refractivity (Wildman–Crippen MR) is 76.8 cm³/mol. The van der Waals surface area contributed by atoms with Crippen LogP contribution in [0.1, 0.15) is 23.8 Å². The molecule has 1 rings (SSSR count). The topological polar surface area (TPSA) is 62.7 Å². The molecule has 0 aromatic carbocycles. The maximum absolute atomic E-state index is 11.9. The van der Waals surface area contributed by atoms with E-state index < -0.39 is 0 Å². The van der Waals surface area contributed by atoms with Crippen molar-refractivity contribution in [1.82, 2.24) is 9.88 Å². The fraction of sp³-hybridized carbons (Fsp3) is 0.500. The lowest BCUT2D eigenvalue weighted by Crippen LogP contribution is -2.31. The highest BCUT2D eigenvalue weighted by Gasteiger charge is 2.15. The largest absolute Gasteiger partial charge is 0.468 e. The number of amides is 1. The van der Waals surface area contributed by atoms with Crippen LogP contribution in [0.5, 0.6) is 0 Å². The van der Waals surface area contributed by atoms with Crippen LogP contribution in [-0.2, 0) is 9.53 Å². The van der Waals surface area contributed by atoms with E-state index >= 15 is 0 Å². The third-order valence-electron chi connectivity index (χ3n) is 2.78. The summed E-state index contributed by atoms with van der Waals surface area (Å²) in [6.45, 7) is 2.88. The zero-order chi connectivity index (χ0) is 15.1. The maximum atomic E-state index is 11.9. The van der Waals surface area contributed by atoms with Crippen molar-refractivity contribution >= 4 is 17.6 Å². The second-order valence-corrected chi connectivity index (χ2v) is 4.60. The molecular weight excluding hydrogens is 258 g/mol. The number of anilines is 1. The van der Waals surface area contributed by atoms with Crippen molar-refractivity contribution < 1.29 is 14.3 Å². The van der Waals surface area contributed by atoms with Gasteiger partial charge in [-0.3, -0.25) is 14.6 Å². The van der Waals surface area contributed by atoms with E-state index in [1.54, 1.807) is 32.4 Å². The van der Waals surface area contributed by atoms with E-state index in [9.17, 15) is 9.59 Å². The minimum absolute atomic E-state index is 0.157. The summed E-state index contributed by atoms with van der Waals surface area (Å²) in [5, 5.41) is 0. The van der Waals surface area contributed by atoms with Gasteiger partial charge in [-0.2, -0.15) is 0 Å². The van der Waals surface area contributed by atoms with E-state index in [1.807, 2.05) is 11.8 Å². The van der Waals surface area contributed by atoms with Crippen LogP contribution in [0.4, 0.5) is 5.69 Å². The van der Waals surface area contributed by atoms with Gasteiger partial charge in [0.05, 0.1) is 7.11 Å². The summed E-state index contributed by atoms with van der Waals surface area (Å²) in [6, 6.07) is 3.48. The summed E-state index contributed by atoms with van der Waals surface area (Å²) in [7, 11) is 4.71. The van der Waals surface area contributed by atoms with Crippen molar-refractivity contribution in [2.75, 3.05) is 39.2 Å². The monoisotopic (exact) mass is 279 g/mol. The van der Waals surface area contributed by atoms with Crippen molar-refractivity contribution in [2.24, 2.45) is 0 Å². The quantitative estimate of drug-likeness (QED) is 0.732. The first-order chi connectivity index (χ1) is 9.49. The van der Waals surface area contributed by atoms with Crippen molar-refractivity contribution in [2.45, 2.75) is 13.3 Å². The van der Waals surface area contributed by atoms with Crippen LogP contribution in [0.15, 0.2) is 18.3 Å². The number of esters is 1. The molecule has 0 aliphatic heterocycles. The Hall–Kier alpha value is -2.11. The Morgan fingerprint density at radius 2 is 2.05 bits per heavy atom. The summed E-state index contributed by atoms with van der Waals surface area (Å²) < 4.78 is 4.69. The molecule has 6 nitrogen and oxygen atoms in total. The molecule has 0 aliphatic rings. The van der Waals surface area contributed by atoms with E-state index in [4.69, 9.17) is 4.74 Å². The van der Waals surface area contributed by atoms with Gasteiger partial charge in [0, 0.05) is 32.5 Å². The molecular formula is C14H21N3O3. The number of carbonyl (C=O) groups is 2. The third-order valence-corrected chi connectivity index (χ3v) is 2.78. The van der Waals surface area contributed by atoms with Crippen molar-refractivity contribution in [1.29, 1.82) is 0 Å². The van der Waals surface area contributed by atoms with Gasteiger partial charge in [-0.05, 0) is 18.6 Å². The van der Waals surface area contributed by atoms with Gasteiger partial charge in [-0.25, -0.2) is 0 Å². The Balaban J connectivity index is 2.99. The smallest absolute Gasteiger partial charge is 0.325 e. The van der Waals surface area contributed by atoms with Crippen LogP contribution in [0, 0.1) is 0 Å². The summed E-state index contributed by atoms with van der Waals surface area (Å²) >= 11 is 0. The molecule has 0 saturated carbocycles. The van der Waals surface area contributed by atoms with E-state index in [1.165, 1.54) is 12.0 Å². The molecule has 1 aromatic rings. The number of hydrogen-bond donors (Lipinski definition) is 0. The first-order valence-electron chi connectivity index (χ1n) is 6.49. The highest BCUT2D eigenvalue weighted by atomic mass is 16.5. The summed E-state index contributed by atoms with van der Waals surface area (Å²) in [6.07, 6.45) is 2.46. The van der Waals surface area contributed by atoms with Crippen LogP contribution in [0.25, 0.3) is 0 Å². The molecule has 0 unspecified atom stereocenters. The molecule has 20 heavy (non-hydrogen) atoms. The molecule has 0 aliphatic carbocycles. The summed E-state index contributed by atoms with van der Waals surface area (Å²) in [5.74, 6) is -0.475. The minimum Gasteiger partial charge on any atom is -0.468 e. The van der Waals surface area contributed by atoms with Gasteiger partial charge in [-0.1, -0.05) is 6.92 Å². The number of nitrogens with zero attached hydrogens (tertiary/aromatic N) is 3. The van der Waals surface area contributed by atoms with E-state index in [-0.39, 0.29) is 18.4 Å². The van der Waals surface area contributed by atoms with Crippen molar-refractivity contribution in [3.63, 3.8) is 0 Å².